The van der Waals surface area contributed by atoms with Gasteiger partial charge in [-0.1, -0.05) is 36.4 Å². The van der Waals surface area contributed by atoms with Crippen molar-refractivity contribution in [2.75, 3.05) is 5.32 Å². The summed E-state index contributed by atoms with van der Waals surface area (Å²) in [4.78, 5) is 0. The number of hydrogen-bond donors (Lipinski definition) is 2. The van der Waals surface area contributed by atoms with Gasteiger partial charge < -0.3 is 15.2 Å². The lowest BCUT2D eigenvalue weighted by Crippen LogP contribution is -2.25. The zero-order valence-corrected chi connectivity index (χ0v) is 11.2. The van der Waals surface area contributed by atoms with Crippen LogP contribution in [0.1, 0.15) is 17.2 Å². The normalized spacial score (nSPS) is 18.2. The second kappa shape index (κ2) is 5.69. The van der Waals surface area contributed by atoms with Crippen LogP contribution in [0.4, 0.5) is 14.5 Å². The number of halogens is 2. The molecule has 110 valence electrons. The quantitative estimate of drug-likeness (QED) is 0.907. The molecule has 3 nitrogen and oxygen atoms in total. The molecule has 5 heteroatoms. The fraction of sp³-hybridized carbons (Fsp3) is 0.250. The van der Waals surface area contributed by atoms with Crippen LogP contribution in [0, 0.1) is 0 Å². The van der Waals surface area contributed by atoms with E-state index in [9.17, 15) is 13.9 Å². The maximum absolute atomic E-state index is 12.4. The molecule has 0 aliphatic carbocycles. The summed E-state index contributed by atoms with van der Waals surface area (Å²) in [6.07, 6.45) is -0.285. The first-order chi connectivity index (χ1) is 10.1. The SMILES string of the molecule is OC(c1ccccc1OC(F)F)C1Cc2ccccc2N1. The van der Waals surface area contributed by atoms with E-state index in [-0.39, 0.29) is 11.8 Å². The van der Waals surface area contributed by atoms with Gasteiger partial charge in [0.25, 0.3) is 0 Å². The summed E-state index contributed by atoms with van der Waals surface area (Å²) in [5.74, 6) is 0.0118. The van der Waals surface area contributed by atoms with Crippen molar-refractivity contribution in [1.29, 1.82) is 0 Å². The van der Waals surface area contributed by atoms with Crippen molar-refractivity contribution in [3.63, 3.8) is 0 Å². The van der Waals surface area contributed by atoms with Gasteiger partial charge in [-0.25, -0.2) is 0 Å². The largest absolute Gasteiger partial charge is 0.434 e. The predicted octanol–water partition coefficient (Wildman–Crippen LogP) is 3.36. The lowest BCUT2D eigenvalue weighted by atomic mass is 9.98. The third-order valence-corrected chi connectivity index (χ3v) is 3.63. The summed E-state index contributed by atoms with van der Waals surface area (Å²) >= 11 is 0. The van der Waals surface area contributed by atoms with Crippen molar-refractivity contribution < 1.29 is 18.6 Å². The van der Waals surface area contributed by atoms with Gasteiger partial charge in [0.15, 0.2) is 0 Å². The second-order valence-corrected chi connectivity index (χ2v) is 4.97. The summed E-state index contributed by atoms with van der Waals surface area (Å²) in [6.45, 7) is -2.91. The molecule has 2 atom stereocenters. The maximum atomic E-state index is 12.4. The van der Waals surface area contributed by atoms with Gasteiger partial charge in [0.05, 0.1) is 6.04 Å². The minimum absolute atomic E-state index is 0.0118. The fourth-order valence-electron chi connectivity index (χ4n) is 2.66. The van der Waals surface area contributed by atoms with Gasteiger partial charge in [0, 0.05) is 11.3 Å². The van der Waals surface area contributed by atoms with Crippen LogP contribution in [-0.4, -0.2) is 17.8 Å². The van der Waals surface area contributed by atoms with Crippen LogP contribution in [0.5, 0.6) is 5.75 Å². The van der Waals surface area contributed by atoms with Crippen molar-refractivity contribution in [2.24, 2.45) is 0 Å². The van der Waals surface area contributed by atoms with Gasteiger partial charge in [-0.3, -0.25) is 0 Å². The van der Waals surface area contributed by atoms with E-state index in [1.165, 1.54) is 6.07 Å². The molecule has 1 aliphatic heterocycles. The standard InChI is InChI=1S/C16H15F2NO2/c17-16(18)21-14-8-4-2-6-11(14)15(20)13-9-10-5-1-3-7-12(10)19-13/h1-8,13,15-16,19-20H,9H2. The Morgan fingerprint density at radius 1 is 1.10 bits per heavy atom. The molecule has 0 radical (unpaired) electrons. The van der Waals surface area contributed by atoms with Crippen molar-refractivity contribution in [3.8, 4) is 5.75 Å². The maximum Gasteiger partial charge on any atom is 0.387 e. The Balaban J connectivity index is 1.82. The van der Waals surface area contributed by atoms with E-state index in [0.29, 0.717) is 12.0 Å². The Morgan fingerprint density at radius 2 is 1.81 bits per heavy atom. The van der Waals surface area contributed by atoms with Crippen LogP contribution in [0.3, 0.4) is 0 Å². The van der Waals surface area contributed by atoms with Crippen LogP contribution < -0.4 is 10.1 Å². The number of fused-ring (bicyclic) bond motifs is 1. The number of hydrogen-bond acceptors (Lipinski definition) is 3. The molecule has 3 rings (SSSR count). The molecular formula is C16H15F2NO2. The molecule has 2 aromatic carbocycles. The van der Waals surface area contributed by atoms with E-state index in [0.717, 1.165) is 11.3 Å². The zero-order chi connectivity index (χ0) is 14.8. The van der Waals surface area contributed by atoms with Crippen LogP contribution in [-0.2, 0) is 6.42 Å². The average Bonchev–Trinajstić information content (AvgIpc) is 2.90. The first kappa shape index (κ1) is 13.8. The number of aliphatic hydroxyl groups excluding tert-OH is 1. The van der Waals surface area contributed by atoms with Gasteiger partial charge >= 0.3 is 6.61 Å². The smallest absolute Gasteiger partial charge is 0.387 e. The van der Waals surface area contributed by atoms with Crippen LogP contribution in [0.15, 0.2) is 48.5 Å². The molecule has 0 fully saturated rings. The Labute approximate surface area is 121 Å². The highest BCUT2D eigenvalue weighted by atomic mass is 19.3. The van der Waals surface area contributed by atoms with E-state index < -0.39 is 12.7 Å². The van der Waals surface area contributed by atoms with Crippen LogP contribution >= 0.6 is 0 Å². The van der Waals surface area contributed by atoms with Crippen molar-refractivity contribution >= 4 is 5.69 Å². The Hall–Kier alpha value is -2.14. The van der Waals surface area contributed by atoms with Crippen LogP contribution in [0.2, 0.25) is 0 Å². The summed E-state index contributed by atoms with van der Waals surface area (Å²) in [5.41, 5.74) is 2.44. The number of anilines is 1. The lowest BCUT2D eigenvalue weighted by Gasteiger charge is -2.21. The molecule has 0 saturated heterocycles. The van der Waals surface area contributed by atoms with E-state index >= 15 is 0 Å². The lowest BCUT2D eigenvalue weighted by molar-refractivity contribution is -0.0517. The number of ether oxygens (including phenoxy) is 1. The number of rotatable bonds is 4. The molecular weight excluding hydrogens is 276 g/mol. The third-order valence-electron chi connectivity index (χ3n) is 3.63. The summed E-state index contributed by atoms with van der Waals surface area (Å²) in [5, 5.41) is 13.7. The monoisotopic (exact) mass is 291 g/mol. The summed E-state index contributed by atoms with van der Waals surface area (Å²) in [6, 6.07) is 13.8. The molecule has 2 N–H and O–H groups in total. The van der Waals surface area contributed by atoms with Crippen molar-refractivity contribution in [2.45, 2.75) is 25.2 Å². The molecule has 1 aliphatic rings. The molecule has 0 saturated carbocycles. The first-order valence-corrected chi connectivity index (χ1v) is 6.71. The number of alkyl halides is 2. The highest BCUT2D eigenvalue weighted by Crippen LogP contribution is 2.35. The molecule has 2 aromatic rings. The number of nitrogens with one attached hydrogen (secondary N) is 1. The molecule has 21 heavy (non-hydrogen) atoms. The third kappa shape index (κ3) is 2.83. The molecule has 0 amide bonds. The number of para-hydroxylation sites is 2. The second-order valence-electron chi connectivity index (χ2n) is 4.97. The molecule has 0 bridgehead atoms. The molecule has 2 unspecified atom stereocenters. The summed E-state index contributed by atoms with van der Waals surface area (Å²) < 4.78 is 29.4. The van der Waals surface area contributed by atoms with Gasteiger partial charge in [0.2, 0.25) is 0 Å². The van der Waals surface area contributed by atoms with Gasteiger partial charge in [0.1, 0.15) is 11.9 Å². The average molecular weight is 291 g/mol. The van der Waals surface area contributed by atoms with Crippen molar-refractivity contribution in [3.05, 3.63) is 59.7 Å². The highest BCUT2D eigenvalue weighted by molar-refractivity contribution is 5.57. The number of aliphatic hydroxyl groups is 1. The van der Waals surface area contributed by atoms with Gasteiger partial charge in [-0.15, -0.1) is 0 Å². The minimum atomic E-state index is -2.91. The molecule has 1 heterocycles. The first-order valence-electron chi connectivity index (χ1n) is 6.71. The van der Waals surface area contributed by atoms with E-state index in [1.54, 1.807) is 18.2 Å². The number of benzene rings is 2. The van der Waals surface area contributed by atoms with Crippen LogP contribution in [0.25, 0.3) is 0 Å². The Kier molecular flexibility index (Phi) is 3.75. The highest BCUT2D eigenvalue weighted by Gasteiger charge is 2.29. The van der Waals surface area contributed by atoms with E-state index in [4.69, 9.17) is 0 Å². The summed E-state index contributed by atoms with van der Waals surface area (Å²) in [7, 11) is 0. The molecule has 0 aromatic heterocycles. The van der Waals surface area contributed by atoms with Crippen molar-refractivity contribution in [1.82, 2.24) is 0 Å². The Morgan fingerprint density at radius 3 is 2.57 bits per heavy atom. The minimum Gasteiger partial charge on any atom is -0.434 e. The van der Waals surface area contributed by atoms with Gasteiger partial charge in [-0.2, -0.15) is 8.78 Å². The van der Waals surface area contributed by atoms with E-state index in [1.807, 2.05) is 24.3 Å². The predicted molar refractivity (Wildman–Crippen MR) is 75.6 cm³/mol. The fourth-order valence-corrected chi connectivity index (χ4v) is 2.66. The molecule has 0 spiro atoms. The zero-order valence-electron chi connectivity index (χ0n) is 11.2. The topological polar surface area (TPSA) is 41.5 Å². The Bertz CT molecular complexity index is 608. The van der Waals surface area contributed by atoms with E-state index in [2.05, 4.69) is 10.1 Å². The van der Waals surface area contributed by atoms with Gasteiger partial charge in [-0.05, 0) is 24.1 Å².